The maximum absolute atomic E-state index is 13.1. The number of nitrogens with one attached hydrogen (secondary N) is 3. The molecule has 1 atom stereocenters. The summed E-state index contributed by atoms with van der Waals surface area (Å²) in [5, 5.41) is 12.5. The summed E-state index contributed by atoms with van der Waals surface area (Å²) in [4.78, 5) is 13.1. The van der Waals surface area contributed by atoms with Crippen LogP contribution in [0.25, 0.3) is 10.8 Å². The quantitative estimate of drug-likeness (QED) is 0.589. The van der Waals surface area contributed by atoms with Gasteiger partial charge in [-0.25, -0.2) is 0 Å². The number of piperidine rings is 1. The zero-order chi connectivity index (χ0) is 20.2. The minimum absolute atomic E-state index is 0.0307. The second kappa shape index (κ2) is 8.66. The van der Waals surface area contributed by atoms with Gasteiger partial charge in [-0.2, -0.15) is 0 Å². The lowest BCUT2D eigenvalue weighted by molar-refractivity contribution is 0.0939. The average Bonchev–Trinajstić information content (AvgIpc) is 2.75. The topological polar surface area (TPSA) is 53.2 Å². The third-order valence-corrected chi connectivity index (χ3v) is 5.83. The first-order chi connectivity index (χ1) is 14.1. The van der Waals surface area contributed by atoms with Crippen LogP contribution in [0.2, 0.25) is 0 Å². The average molecular weight is 388 g/mol. The van der Waals surface area contributed by atoms with E-state index in [4.69, 9.17) is 0 Å². The van der Waals surface area contributed by atoms with Crippen LogP contribution < -0.4 is 16.0 Å². The van der Waals surface area contributed by atoms with Gasteiger partial charge >= 0.3 is 0 Å². The van der Waals surface area contributed by atoms with Gasteiger partial charge in [0.15, 0.2) is 0 Å². The number of rotatable bonds is 5. The third-order valence-electron chi connectivity index (χ3n) is 5.83. The normalized spacial score (nSPS) is 15.8. The van der Waals surface area contributed by atoms with E-state index in [2.05, 4.69) is 52.3 Å². The van der Waals surface area contributed by atoms with Crippen LogP contribution in [0.5, 0.6) is 0 Å². The number of anilines is 1. The molecule has 4 rings (SSSR count). The Morgan fingerprint density at radius 2 is 1.79 bits per heavy atom. The molecule has 1 fully saturated rings. The van der Waals surface area contributed by atoms with Gasteiger partial charge in [-0.05, 0) is 73.8 Å². The second-order valence-corrected chi connectivity index (χ2v) is 7.96. The van der Waals surface area contributed by atoms with E-state index in [9.17, 15) is 4.79 Å². The van der Waals surface area contributed by atoms with Crippen LogP contribution in [-0.2, 0) is 0 Å². The predicted octanol–water partition coefficient (Wildman–Crippen LogP) is 4.80. The smallest absolute Gasteiger partial charge is 0.252 e. The van der Waals surface area contributed by atoms with Crippen LogP contribution in [-0.4, -0.2) is 25.0 Å². The van der Waals surface area contributed by atoms with Crippen molar-refractivity contribution < 1.29 is 4.79 Å². The van der Waals surface area contributed by atoms with Crippen LogP contribution in [0.4, 0.5) is 5.69 Å². The minimum Gasteiger partial charge on any atom is -0.382 e. The molecule has 1 amide bonds. The number of amides is 1. The number of benzene rings is 3. The number of hydrogen-bond donors (Lipinski definition) is 3. The number of hydrogen-bond acceptors (Lipinski definition) is 3. The molecule has 1 heterocycles. The fourth-order valence-corrected chi connectivity index (χ4v) is 4.14. The third kappa shape index (κ3) is 4.43. The first-order valence-corrected chi connectivity index (χ1v) is 10.5. The van der Waals surface area contributed by atoms with E-state index in [1.165, 1.54) is 10.8 Å². The van der Waals surface area contributed by atoms with Gasteiger partial charge in [-0.1, -0.05) is 48.5 Å². The summed E-state index contributed by atoms with van der Waals surface area (Å²) in [6.45, 7) is 6.12. The molecule has 1 unspecified atom stereocenters. The SMILES string of the molecule is Cc1ccc(NC2CCNCC2)cc1C(=O)NC(C)c1cccc2ccccc12. The van der Waals surface area contributed by atoms with Crippen molar-refractivity contribution in [3.05, 3.63) is 77.4 Å². The lowest BCUT2D eigenvalue weighted by atomic mass is 9.99. The van der Waals surface area contributed by atoms with Crippen molar-refractivity contribution in [3.8, 4) is 0 Å². The fourth-order valence-electron chi connectivity index (χ4n) is 4.14. The summed E-state index contributed by atoms with van der Waals surface area (Å²) in [5.41, 5.74) is 3.88. The maximum Gasteiger partial charge on any atom is 0.252 e. The molecule has 0 aliphatic carbocycles. The molecule has 0 bridgehead atoms. The highest BCUT2D eigenvalue weighted by molar-refractivity contribution is 5.97. The molecule has 1 aliphatic heterocycles. The second-order valence-electron chi connectivity index (χ2n) is 7.96. The molecule has 29 heavy (non-hydrogen) atoms. The Hall–Kier alpha value is -2.85. The van der Waals surface area contributed by atoms with E-state index in [-0.39, 0.29) is 11.9 Å². The Bertz CT molecular complexity index is 1000. The van der Waals surface area contributed by atoms with Crippen molar-refractivity contribution in [2.75, 3.05) is 18.4 Å². The highest BCUT2D eigenvalue weighted by atomic mass is 16.1. The standard InChI is InChI=1S/C25H29N3O/c1-17-10-11-21(28-20-12-14-26-15-13-20)16-24(17)25(29)27-18(2)22-9-5-7-19-6-3-4-8-23(19)22/h3-11,16,18,20,26,28H,12-15H2,1-2H3,(H,27,29). The van der Waals surface area contributed by atoms with Crippen LogP contribution in [0.15, 0.2) is 60.7 Å². The summed E-state index contributed by atoms with van der Waals surface area (Å²) in [7, 11) is 0. The molecule has 0 spiro atoms. The van der Waals surface area contributed by atoms with Crippen molar-refractivity contribution in [2.45, 2.75) is 38.8 Å². The summed E-state index contributed by atoms with van der Waals surface area (Å²) >= 11 is 0. The predicted molar refractivity (Wildman–Crippen MR) is 121 cm³/mol. The monoisotopic (exact) mass is 387 g/mol. The van der Waals surface area contributed by atoms with Crippen molar-refractivity contribution in [1.82, 2.24) is 10.6 Å². The van der Waals surface area contributed by atoms with E-state index in [1.807, 2.05) is 38.1 Å². The molecule has 1 aliphatic rings. The molecule has 1 saturated heterocycles. The Morgan fingerprint density at radius 1 is 1.03 bits per heavy atom. The lowest BCUT2D eigenvalue weighted by Gasteiger charge is -2.25. The molecule has 3 aromatic carbocycles. The first kappa shape index (κ1) is 19.5. The van der Waals surface area contributed by atoms with Crippen molar-refractivity contribution in [1.29, 1.82) is 0 Å². The molecule has 150 valence electrons. The Kier molecular flexibility index (Phi) is 5.81. The van der Waals surface area contributed by atoms with E-state index >= 15 is 0 Å². The summed E-state index contributed by atoms with van der Waals surface area (Å²) < 4.78 is 0. The molecule has 0 radical (unpaired) electrons. The largest absolute Gasteiger partial charge is 0.382 e. The summed E-state index contributed by atoms with van der Waals surface area (Å²) in [6.07, 6.45) is 2.21. The van der Waals surface area contributed by atoms with Gasteiger partial charge in [0.1, 0.15) is 0 Å². The summed E-state index contributed by atoms with van der Waals surface area (Å²) in [6, 6.07) is 21.0. The molecule has 4 heteroatoms. The number of carbonyl (C=O) groups is 1. The van der Waals surface area contributed by atoms with Crippen LogP contribution in [0, 0.1) is 6.92 Å². The number of aryl methyl sites for hydroxylation is 1. The molecule has 3 aromatic rings. The maximum atomic E-state index is 13.1. The molecule has 0 saturated carbocycles. The fraction of sp³-hybridized carbons (Fsp3) is 0.320. The van der Waals surface area contributed by atoms with Crippen LogP contribution >= 0.6 is 0 Å². The van der Waals surface area contributed by atoms with Gasteiger partial charge in [0, 0.05) is 17.3 Å². The van der Waals surface area contributed by atoms with E-state index in [0.29, 0.717) is 6.04 Å². The first-order valence-electron chi connectivity index (χ1n) is 10.5. The van der Waals surface area contributed by atoms with Gasteiger partial charge in [-0.3, -0.25) is 4.79 Å². The highest BCUT2D eigenvalue weighted by Crippen LogP contribution is 2.25. The molecular weight excluding hydrogens is 358 g/mol. The van der Waals surface area contributed by atoms with Crippen molar-refractivity contribution in [3.63, 3.8) is 0 Å². The lowest BCUT2D eigenvalue weighted by Crippen LogP contribution is -2.35. The zero-order valence-corrected chi connectivity index (χ0v) is 17.2. The Labute approximate surface area is 172 Å². The van der Waals surface area contributed by atoms with E-state index in [1.54, 1.807) is 0 Å². The number of carbonyl (C=O) groups excluding carboxylic acids is 1. The van der Waals surface area contributed by atoms with Crippen LogP contribution in [0.3, 0.4) is 0 Å². The number of fused-ring (bicyclic) bond motifs is 1. The van der Waals surface area contributed by atoms with Crippen LogP contribution in [0.1, 0.15) is 47.3 Å². The minimum atomic E-state index is -0.0750. The summed E-state index contributed by atoms with van der Waals surface area (Å²) in [5.74, 6) is -0.0307. The van der Waals surface area contributed by atoms with Gasteiger partial charge in [0.25, 0.3) is 5.91 Å². The van der Waals surface area contributed by atoms with E-state index in [0.717, 1.165) is 48.3 Å². The molecule has 4 nitrogen and oxygen atoms in total. The van der Waals surface area contributed by atoms with Crippen molar-refractivity contribution in [2.24, 2.45) is 0 Å². The molecule has 0 aromatic heterocycles. The Morgan fingerprint density at radius 3 is 2.62 bits per heavy atom. The molecular formula is C25H29N3O. The van der Waals surface area contributed by atoms with Gasteiger partial charge in [-0.15, -0.1) is 0 Å². The van der Waals surface area contributed by atoms with Gasteiger partial charge < -0.3 is 16.0 Å². The molecule has 3 N–H and O–H groups in total. The highest BCUT2D eigenvalue weighted by Gasteiger charge is 2.17. The zero-order valence-electron chi connectivity index (χ0n) is 17.2. The van der Waals surface area contributed by atoms with E-state index < -0.39 is 0 Å². The van der Waals surface area contributed by atoms with Gasteiger partial charge in [0.05, 0.1) is 6.04 Å². The van der Waals surface area contributed by atoms with Gasteiger partial charge in [0.2, 0.25) is 0 Å². The van der Waals surface area contributed by atoms with Crippen molar-refractivity contribution >= 4 is 22.4 Å². The Balaban J connectivity index is 1.52.